The summed E-state index contributed by atoms with van der Waals surface area (Å²) in [4.78, 5) is 0. The maximum absolute atomic E-state index is 9.66. The Kier molecular flexibility index (Phi) is 4.84. The lowest BCUT2D eigenvalue weighted by Crippen LogP contribution is -2.37. The van der Waals surface area contributed by atoms with E-state index in [0.717, 1.165) is 12.3 Å². The molecule has 2 N–H and O–H groups in total. The van der Waals surface area contributed by atoms with Gasteiger partial charge in [-0.3, -0.25) is 0 Å². The van der Waals surface area contributed by atoms with Crippen LogP contribution in [0.4, 0.5) is 0 Å². The highest BCUT2D eigenvalue weighted by Gasteiger charge is 2.26. The first-order valence-corrected chi connectivity index (χ1v) is 8.84. The molecular weight excluding hydrogens is 258 g/mol. The number of fused-ring (bicyclic) bond motifs is 1. The third-order valence-electron chi connectivity index (χ3n) is 5.42. The fourth-order valence-corrected chi connectivity index (χ4v) is 4.28. The van der Waals surface area contributed by atoms with Crippen molar-refractivity contribution in [3.8, 4) is 5.75 Å². The Hall–Kier alpha value is -1.02. The highest BCUT2D eigenvalue weighted by Crippen LogP contribution is 2.34. The second-order valence-corrected chi connectivity index (χ2v) is 7.00. The molecular formula is C19H29NO. The zero-order chi connectivity index (χ0) is 14.7. The Labute approximate surface area is 129 Å². The van der Waals surface area contributed by atoms with Gasteiger partial charge >= 0.3 is 0 Å². The van der Waals surface area contributed by atoms with Crippen LogP contribution in [0.2, 0.25) is 0 Å². The van der Waals surface area contributed by atoms with Gasteiger partial charge in [0.05, 0.1) is 0 Å². The van der Waals surface area contributed by atoms with Crippen molar-refractivity contribution in [1.29, 1.82) is 0 Å². The summed E-state index contributed by atoms with van der Waals surface area (Å²) < 4.78 is 0. The van der Waals surface area contributed by atoms with Gasteiger partial charge in [0.1, 0.15) is 5.75 Å². The lowest BCUT2D eigenvalue weighted by molar-refractivity contribution is 0.256. The van der Waals surface area contributed by atoms with Crippen LogP contribution in [0.3, 0.4) is 0 Å². The zero-order valence-corrected chi connectivity index (χ0v) is 13.3. The Bertz CT molecular complexity index is 463. The number of benzene rings is 1. The maximum atomic E-state index is 9.66. The van der Waals surface area contributed by atoms with Gasteiger partial charge in [-0.15, -0.1) is 0 Å². The summed E-state index contributed by atoms with van der Waals surface area (Å²) in [7, 11) is 0. The molecule has 0 spiro atoms. The fraction of sp³-hybridized carbons (Fsp3) is 0.684. The molecule has 1 aromatic carbocycles. The number of phenolic OH excluding ortho intramolecular Hbond substituents is 1. The number of rotatable bonds is 4. The molecule has 2 nitrogen and oxygen atoms in total. The monoisotopic (exact) mass is 287 g/mol. The Balaban J connectivity index is 1.60. The summed E-state index contributed by atoms with van der Waals surface area (Å²) in [6.07, 6.45) is 11.8. The van der Waals surface area contributed by atoms with E-state index in [2.05, 4.69) is 18.3 Å². The number of nitrogens with one attached hydrogen (secondary N) is 1. The number of phenols is 1. The molecule has 0 radical (unpaired) electrons. The fourth-order valence-electron chi connectivity index (χ4n) is 4.28. The molecule has 0 heterocycles. The van der Waals surface area contributed by atoms with Gasteiger partial charge in [0.25, 0.3) is 0 Å². The summed E-state index contributed by atoms with van der Waals surface area (Å²) in [6, 6.07) is 7.13. The van der Waals surface area contributed by atoms with Crippen LogP contribution in [0.5, 0.6) is 5.75 Å². The largest absolute Gasteiger partial charge is 0.508 e. The van der Waals surface area contributed by atoms with Crippen LogP contribution in [0, 0.1) is 5.92 Å². The van der Waals surface area contributed by atoms with Crippen LogP contribution in [-0.4, -0.2) is 11.1 Å². The third kappa shape index (κ3) is 3.60. The minimum atomic E-state index is 0.412. The van der Waals surface area contributed by atoms with Crippen LogP contribution < -0.4 is 5.32 Å². The van der Waals surface area contributed by atoms with E-state index in [1.165, 1.54) is 62.5 Å². The van der Waals surface area contributed by atoms with E-state index in [0.29, 0.717) is 17.8 Å². The molecule has 0 aliphatic heterocycles. The molecule has 0 amide bonds. The van der Waals surface area contributed by atoms with Gasteiger partial charge in [-0.1, -0.05) is 25.8 Å². The summed E-state index contributed by atoms with van der Waals surface area (Å²) in [5.74, 6) is 1.39. The molecule has 3 rings (SSSR count). The van der Waals surface area contributed by atoms with Crippen molar-refractivity contribution in [3.05, 3.63) is 29.3 Å². The number of hydrogen-bond donors (Lipinski definition) is 2. The summed E-state index contributed by atoms with van der Waals surface area (Å²) >= 11 is 0. The first-order valence-electron chi connectivity index (χ1n) is 8.84. The van der Waals surface area contributed by atoms with Crippen molar-refractivity contribution in [2.75, 3.05) is 0 Å². The Morgan fingerprint density at radius 1 is 1.14 bits per heavy atom. The second kappa shape index (κ2) is 6.83. The van der Waals surface area contributed by atoms with E-state index >= 15 is 0 Å². The highest BCUT2D eigenvalue weighted by molar-refractivity contribution is 5.38. The van der Waals surface area contributed by atoms with Gasteiger partial charge in [0.15, 0.2) is 0 Å². The van der Waals surface area contributed by atoms with Crippen LogP contribution in [-0.2, 0) is 6.42 Å². The summed E-state index contributed by atoms with van der Waals surface area (Å²) in [6.45, 7) is 2.30. The molecule has 2 heteroatoms. The first kappa shape index (κ1) is 14.9. The lowest BCUT2D eigenvalue weighted by Gasteiger charge is -2.34. The van der Waals surface area contributed by atoms with E-state index in [1.54, 1.807) is 0 Å². The minimum absolute atomic E-state index is 0.412. The van der Waals surface area contributed by atoms with Crippen molar-refractivity contribution in [2.45, 2.75) is 76.8 Å². The minimum Gasteiger partial charge on any atom is -0.508 e. The van der Waals surface area contributed by atoms with Crippen molar-refractivity contribution in [1.82, 2.24) is 5.32 Å². The van der Waals surface area contributed by atoms with E-state index in [4.69, 9.17) is 0 Å². The second-order valence-electron chi connectivity index (χ2n) is 7.00. The Morgan fingerprint density at radius 3 is 2.71 bits per heavy atom. The number of aryl methyl sites for hydroxylation is 1. The lowest BCUT2D eigenvalue weighted by atomic mass is 9.82. The SMILES string of the molecule is CCCC1CCC(NC2CCCc3cc(O)ccc32)CC1. The summed E-state index contributed by atoms with van der Waals surface area (Å²) in [5.41, 5.74) is 2.77. The van der Waals surface area contributed by atoms with Gasteiger partial charge in [0.2, 0.25) is 0 Å². The summed E-state index contributed by atoms with van der Waals surface area (Å²) in [5, 5.41) is 13.6. The maximum Gasteiger partial charge on any atom is 0.115 e. The zero-order valence-electron chi connectivity index (χ0n) is 13.3. The van der Waals surface area contributed by atoms with Crippen molar-refractivity contribution in [3.63, 3.8) is 0 Å². The van der Waals surface area contributed by atoms with Gasteiger partial charge < -0.3 is 10.4 Å². The first-order chi connectivity index (χ1) is 10.3. The normalized spacial score (nSPS) is 29.1. The van der Waals surface area contributed by atoms with E-state index in [-0.39, 0.29) is 0 Å². The average Bonchev–Trinajstić information content (AvgIpc) is 2.49. The predicted molar refractivity (Wildman–Crippen MR) is 87.6 cm³/mol. The van der Waals surface area contributed by atoms with Crippen LogP contribution in [0.15, 0.2) is 18.2 Å². The van der Waals surface area contributed by atoms with E-state index < -0.39 is 0 Å². The standard InChI is InChI=1S/C19H29NO/c1-2-4-14-7-9-16(10-8-14)20-19-6-3-5-15-13-17(21)11-12-18(15)19/h11-14,16,19-21H,2-10H2,1H3. The van der Waals surface area contributed by atoms with Crippen LogP contribution in [0.25, 0.3) is 0 Å². The highest BCUT2D eigenvalue weighted by atomic mass is 16.3. The molecule has 2 aliphatic carbocycles. The topological polar surface area (TPSA) is 32.3 Å². The van der Waals surface area contributed by atoms with Crippen molar-refractivity contribution < 1.29 is 5.11 Å². The number of aromatic hydroxyl groups is 1. The van der Waals surface area contributed by atoms with Gasteiger partial charge in [-0.05, 0) is 74.1 Å². The molecule has 1 unspecified atom stereocenters. The van der Waals surface area contributed by atoms with Crippen LogP contribution >= 0.6 is 0 Å². The molecule has 2 aliphatic rings. The molecule has 0 saturated heterocycles. The van der Waals surface area contributed by atoms with Gasteiger partial charge in [0, 0.05) is 12.1 Å². The average molecular weight is 287 g/mol. The third-order valence-corrected chi connectivity index (χ3v) is 5.42. The van der Waals surface area contributed by atoms with Gasteiger partial charge in [-0.25, -0.2) is 0 Å². The molecule has 0 bridgehead atoms. The van der Waals surface area contributed by atoms with E-state index in [1.807, 2.05) is 12.1 Å². The molecule has 1 aromatic rings. The van der Waals surface area contributed by atoms with E-state index in [9.17, 15) is 5.11 Å². The van der Waals surface area contributed by atoms with Crippen molar-refractivity contribution >= 4 is 0 Å². The molecule has 1 saturated carbocycles. The quantitative estimate of drug-likeness (QED) is 0.840. The molecule has 116 valence electrons. The molecule has 1 fully saturated rings. The molecule has 1 atom stereocenters. The molecule has 21 heavy (non-hydrogen) atoms. The Morgan fingerprint density at radius 2 is 1.95 bits per heavy atom. The number of hydrogen-bond acceptors (Lipinski definition) is 2. The van der Waals surface area contributed by atoms with Gasteiger partial charge in [-0.2, -0.15) is 0 Å². The predicted octanol–water partition coefficient (Wildman–Crippen LogP) is 4.72. The van der Waals surface area contributed by atoms with Crippen LogP contribution in [0.1, 0.15) is 75.5 Å². The van der Waals surface area contributed by atoms with Crippen molar-refractivity contribution in [2.24, 2.45) is 5.92 Å². The smallest absolute Gasteiger partial charge is 0.115 e. The molecule has 0 aromatic heterocycles.